The highest BCUT2D eigenvalue weighted by atomic mass is 32.2. The van der Waals surface area contributed by atoms with E-state index >= 15 is 0 Å². The van der Waals surface area contributed by atoms with E-state index in [2.05, 4.69) is 10.0 Å². The van der Waals surface area contributed by atoms with Crippen molar-refractivity contribution in [3.63, 3.8) is 0 Å². The fraction of sp³-hybridized carbons (Fsp3) is 0.312. The molecule has 0 aliphatic heterocycles. The quantitative estimate of drug-likeness (QED) is 0.851. The van der Waals surface area contributed by atoms with Gasteiger partial charge in [0, 0.05) is 17.8 Å². The minimum absolute atomic E-state index is 0.166. The number of sulfonamides is 1. The van der Waals surface area contributed by atoms with Crippen LogP contribution in [0.1, 0.15) is 35.4 Å². The lowest BCUT2D eigenvalue weighted by Crippen LogP contribution is -2.26. The molecule has 2 aromatic rings. The fourth-order valence-corrected chi connectivity index (χ4v) is 5.33. The molecule has 0 bridgehead atoms. The van der Waals surface area contributed by atoms with Crippen LogP contribution in [0.3, 0.4) is 0 Å². The zero-order valence-electron chi connectivity index (χ0n) is 13.0. The Balaban J connectivity index is 1.75. The van der Waals surface area contributed by atoms with Gasteiger partial charge in [-0.3, -0.25) is 4.79 Å². The summed E-state index contributed by atoms with van der Waals surface area (Å²) >= 11 is 1.12. The molecule has 1 atom stereocenters. The van der Waals surface area contributed by atoms with Gasteiger partial charge < -0.3 is 5.32 Å². The van der Waals surface area contributed by atoms with Gasteiger partial charge in [-0.25, -0.2) is 17.5 Å². The minimum atomic E-state index is -3.65. The van der Waals surface area contributed by atoms with E-state index in [9.17, 15) is 17.6 Å². The van der Waals surface area contributed by atoms with E-state index in [1.165, 1.54) is 25.1 Å². The van der Waals surface area contributed by atoms with E-state index in [1.807, 2.05) is 0 Å². The van der Waals surface area contributed by atoms with Gasteiger partial charge in [0.25, 0.3) is 10.0 Å². The molecule has 3 rings (SSSR count). The van der Waals surface area contributed by atoms with E-state index in [0.29, 0.717) is 19.4 Å². The van der Waals surface area contributed by atoms with Crippen molar-refractivity contribution in [3.8, 4) is 0 Å². The topological polar surface area (TPSA) is 75.3 Å². The fourth-order valence-electron chi connectivity index (χ4n) is 2.76. The molecule has 0 saturated heterocycles. The number of aryl methyl sites for hydroxylation is 1. The molecule has 1 amide bonds. The van der Waals surface area contributed by atoms with Crippen molar-refractivity contribution in [1.82, 2.24) is 10.0 Å². The third-order valence-electron chi connectivity index (χ3n) is 3.89. The summed E-state index contributed by atoms with van der Waals surface area (Å²) < 4.78 is 41.3. The van der Waals surface area contributed by atoms with Gasteiger partial charge in [-0.2, -0.15) is 0 Å². The van der Waals surface area contributed by atoms with Gasteiger partial charge in [0.05, 0.1) is 6.54 Å². The number of hydrogen-bond acceptors (Lipinski definition) is 4. The normalized spacial score (nSPS) is 16.8. The van der Waals surface area contributed by atoms with Crippen molar-refractivity contribution in [3.05, 3.63) is 52.2 Å². The van der Waals surface area contributed by atoms with Crippen molar-refractivity contribution < 1.29 is 17.6 Å². The molecule has 1 aromatic heterocycles. The summed E-state index contributed by atoms with van der Waals surface area (Å²) in [5, 5.41) is 2.64. The Morgan fingerprint density at radius 3 is 2.88 bits per heavy atom. The van der Waals surface area contributed by atoms with Gasteiger partial charge in [-0.15, -0.1) is 11.3 Å². The number of thiophene rings is 1. The lowest BCUT2D eigenvalue weighted by molar-refractivity contribution is -0.119. The van der Waals surface area contributed by atoms with Crippen molar-refractivity contribution in [2.24, 2.45) is 0 Å². The van der Waals surface area contributed by atoms with Gasteiger partial charge >= 0.3 is 0 Å². The summed E-state index contributed by atoms with van der Waals surface area (Å²) in [4.78, 5) is 11.7. The molecule has 2 N–H and O–H groups in total. The molecule has 5 nitrogen and oxygen atoms in total. The summed E-state index contributed by atoms with van der Waals surface area (Å²) in [6.45, 7) is 1.72. The second-order valence-corrected chi connectivity index (χ2v) is 8.80. The number of hydrogen-bond donors (Lipinski definition) is 2. The number of amides is 1. The Labute approximate surface area is 144 Å². The van der Waals surface area contributed by atoms with Crippen molar-refractivity contribution in [2.45, 2.75) is 36.6 Å². The standard InChI is InChI=1S/C16H17FN2O3S2/c1-10(20)18-9-13-4-7-16(23-13)24(21,22)19-15-6-2-11-8-12(17)3-5-14(11)15/h3-5,7-8,15,19H,2,6,9H2,1H3,(H,18,20). The predicted octanol–water partition coefficient (Wildman–Crippen LogP) is 2.49. The van der Waals surface area contributed by atoms with Gasteiger partial charge in [-0.1, -0.05) is 6.07 Å². The van der Waals surface area contributed by atoms with Crippen LogP contribution in [-0.4, -0.2) is 14.3 Å². The average molecular weight is 368 g/mol. The van der Waals surface area contributed by atoms with Crippen molar-refractivity contribution >= 4 is 27.3 Å². The molecule has 1 aliphatic rings. The third-order valence-corrected chi connectivity index (χ3v) is 6.94. The second kappa shape index (κ2) is 6.62. The molecule has 24 heavy (non-hydrogen) atoms. The first-order chi connectivity index (χ1) is 11.3. The van der Waals surface area contributed by atoms with Gasteiger partial charge in [0.15, 0.2) is 0 Å². The molecule has 1 heterocycles. The Morgan fingerprint density at radius 1 is 1.33 bits per heavy atom. The van der Waals surface area contributed by atoms with E-state index in [0.717, 1.165) is 27.3 Å². The Bertz CT molecular complexity index is 877. The maximum atomic E-state index is 13.3. The van der Waals surface area contributed by atoms with Crippen LogP contribution >= 0.6 is 11.3 Å². The smallest absolute Gasteiger partial charge is 0.250 e. The molecular formula is C16H17FN2O3S2. The molecule has 0 spiro atoms. The summed E-state index contributed by atoms with van der Waals surface area (Å²) in [6, 6.07) is 7.33. The number of carbonyl (C=O) groups is 1. The van der Waals surface area contributed by atoms with Crippen LogP contribution in [-0.2, 0) is 27.8 Å². The molecular weight excluding hydrogens is 351 g/mol. The summed E-state index contributed by atoms with van der Waals surface area (Å²) in [5.74, 6) is -0.473. The number of benzene rings is 1. The SMILES string of the molecule is CC(=O)NCc1ccc(S(=O)(=O)NC2CCc3cc(F)ccc32)s1. The molecule has 0 saturated carbocycles. The second-order valence-electron chi connectivity index (χ2n) is 5.69. The zero-order chi connectivity index (χ0) is 17.3. The monoisotopic (exact) mass is 368 g/mol. The highest BCUT2D eigenvalue weighted by Crippen LogP contribution is 2.33. The number of halogens is 1. The highest BCUT2D eigenvalue weighted by Gasteiger charge is 2.28. The molecule has 0 fully saturated rings. The first-order valence-corrected chi connectivity index (χ1v) is 9.79. The van der Waals surface area contributed by atoms with Crippen LogP contribution in [0, 0.1) is 5.82 Å². The van der Waals surface area contributed by atoms with Crippen LogP contribution in [0.5, 0.6) is 0 Å². The summed E-state index contributed by atoms with van der Waals surface area (Å²) in [6.07, 6.45) is 1.26. The number of carbonyl (C=O) groups excluding carboxylic acids is 1. The zero-order valence-corrected chi connectivity index (χ0v) is 14.6. The van der Waals surface area contributed by atoms with E-state index in [1.54, 1.807) is 12.1 Å². The summed E-state index contributed by atoms with van der Waals surface area (Å²) in [7, 11) is -3.65. The van der Waals surface area contributed by atoms with Crippen LogP contribution < -0.4 is 10.0 Å². The lowest BCUT2D eigenvalue weighted by atomic mass is 10.1. The Morgan fingerprint density at radius 2 is 2.12 bits per heavy atom. The van der Waals surface area contributed by atoms with E-state index in [-0.39, 0.29) is 22.0 Å². The van der Waals surface area contributed by atoms with E-state index < -0.39 is 10.0 Å². The maximum Gasteiger partial charge on any atom is 0.250 e. The number of fused-ring (bicyclic) bond motifs is 1. The molecule has 1 unspecified atom stereocenters. The molecule has 0 radical (unpaired) electrons. The maximum absolute atomic E-state index is 13.3. The van der Waals surface area contributed by atoms with Crippen molar-refractivity contribution in [1.29, 1.82) is 0 Å². The summed E-state index contributed by atoms with van der Waals surface area (Å²) in [5.41, 5.74) is 1.68. The lowest BCUT2D eigenvalue weighted by Gasteiger charge is -2.13. The number of rotatable bonds is 5. The van der Waals surface area contributed by atoms with Crippen LogP contribution in [0.4, 0.5) is 4.39 Å². The highest BCUT2D eigenvalue weighted by molar-refractivity contribution is 7.91. The van der Waals surface area contributed by atoms with E-state index in [4.69, 9.17) is 0 Å². The Kier molecular flexibility index (Phi) is 4.71. The Hall–Kier alpha value is -1.77. The molecule has 8 heteroatoms. The van der Waals surface area contributed by atoms with Crippen LogP contribution in [0.25, 0.3) is 0 Å². The molecule has 1 aliphatic carbocycles. The molecule has 128 valence electrons. The predicted molar refractivity (Wildman–Crippen MR) is 89.6 cm³/mol. The third kappa shape index (κ3) is 3.66. The number of nitrogens with one attached hydrogen (secondary N) is 2. The van der Waals surface area contributed by atoms with Gasteiger partial charge in [0.1, 0.15) is 10.0 Å². The largest absolute Gasteiger partial charge is 0.351 e. The van der Waals surface area contributed by atoms with Gasteiger partial charge in [0.2, 0.25) is 5.91 Å². The van der Waals surface area contributed by atoms with Gasteiger partial charge in [-0.05, 0) is 48.2 Å². The van der Waals surface area contributed by atoms with Crippen LogP contribution in [0.2, 0.25) is 0 Å². The average Bonchev–Trinajstić information content (AvgIpc) is 3.12. The molecule has 1 aromatic carbocycles. The van der Waals surface area contributed by atoms with Crippen LogP contribution in [0.15, 0.2) is 34.5 Å². The first-order valence-electron chi connectivity index (χ1n) is 7.49. The first kappa shape index (κ1) is 17.1. The van der Waals surface area contributed by atoms with Crippen molar-refractivity contribution in [2.75, 3.05) is 0 Å². The minimum Gasteiger partial charge on any atom is -0.351 e.